The second-order valence-corrected chi connectivity index (χ2v) is 4.77. The van der Waals surface area contributed by atoms with Crippen LogP contribution in [0.3, 0.4) is 0 Å². The third-order valence-corrected chi connectivity index (χ3v) is 2.91. The summed E-state index contributed by atoms with van der Waals surface area (Å²) in [5, 5.41) is 5.37. The number of halogens is 1. The van der Waals surface area contributed by atoms with Crippen LogP contribution in [0, 0.1) is 0 Å². The largest absolute Gasteiger partial charge is 0.382 e. The highest BCUT2D eigenvalue weighted by atomic mass is 79.9. The van der Waals surface area contributed by atoms with E-state index in [9.17, 15) is 4.79 Å². The number of methoxy groups -OCH3 is 1. The van der Waals surface area contributed by atoms with Crippen molar-refractivity contribution in [3.63, 3.8) is 0 Å². The van der Waals surface area contributed by atoms with Gasteiger partial charge >= 0.3 is 6.03 Å². The first-order valence-corrected chi connectivity index (χ1v) is 6.84. The second kappa shape index (κ2) is 9.77. The monoisotopic (exact) mass is 330 g/mol. The molecule has 0 fully saturated rings. The molecule has 0 aromatic heterocycles. The number of urea groups is 1. The predicted octanol–water partition coefficient (Wildman–Crippen LogP) is 1.91. The van der Waals surface area contributed by atoms with Crippen molar-refractivity contribution in [2.45, 2.75) is 6.42 Å². The SMILES string of the molecule is COCCOCNC(=O)NCCc1ccc(Br)cc1. The van der Waals surface area contributed by atoms with E-state index in [-0.39, 0.29) is 12.8 Å². The highest BCUT2D eigenvalue weighted by Gasteiger charge is 1.99. The van der Waals surface area contributed by atoms with Crippen LogP contribution in [0.25, 0.3) is 0 Å². The fourth-order valence-corrected chi connectivity index (χ4v) is 1.63. The van der Waals surface area contributed by atoms with Crippen molar-refractivity contribution < 1.29 is 14.3 Å². The minimum absolute atomic E-state index is 0.188. The lowest BCUT2D eigenvalue weighted by Crippen LogP contribution is -2.38. The number of benzene rings is 1. The van der Waals surface area contributed by atoms with Gasteiger partial charge in [0.05, 0.1) is 13.2 Å². The quantitative estimate of drug-likeness (QED) is 0.565. The van der Waals surface area contributed by atoms with E-state index in [2.05, 4.69) is 26.6 Å². The number of hydrogen-bond acceptors (Lipinski definition) is 3. The summed E-state index contributed by atoms with van der Waals surface area (Å²) in [7, 11) is 1.60. The topological polar surface area (TPSA) is 59.6 Å². The number of nitrogens with one attached hydrogen (secondary N) is 2. The Bertz CT molecular complexity index is 371. The summed E-state index contributed by atoms with van der Waals surface area (Å²) in [6.07, 6.45) is 0.797. The highest BCUT2D eigenvalue weighted by Crippen LogP contribution is 2.10. The highest BCUT2D eigenvalue weighted by molar-refractivity contribution is 9.10. The fourth-order valence-electron chi connectivity index (χ4n) is 1.36. The molecule has 0 aliphatic rings. The van der Waals surface area contributed by atoms with E-state index in [0.29, 0.717) is 19.8 Å². The predicted molar refractivity (Wildman–Crippen MR) is 77.1 cm³/mol. The van der Waals surface area contributed by atoms with Gasteiger partial charge in [0.2, 0.25) is 0 Å². The van der Waals surface area contributed by atoms with Crippen LogP contribution >= 0.6 is 15.9 Å². The summed E-state index contributed by atoms with van der Waals surface area (Å²) in [6.45, 7) is 1.77. The molecule has 0 radical (unpaired) electrons. The molecule has 106 valence electrons. The van der Waals surface area contributed by atoms with Gasteiger partial charge in [0.15, 0.2) is 0 Å². The third-order valence-electron chi connectivity index (χ3n) is 2.38. The normalized spacial score (nSPS) is 10.2. The molecule has 0 aliphatic carbocycles. The molecule has 19 heavy (non-hydrogen) atoms. The van der Waals surface area contributed by atoms with Gasteiger partial charge in [-0.25, -0.2) is 4.79 Å². The number of hydrogen-bond donors (Lipinski definition) is 2. The van der Waals surface area contributed by atoms with E-state index >= 15 is 0 Å². The van der Waals surface area contributed by atoms with E-state index in [1.54, 1.807) is 7.11 Å². The van der Waals surface area contributed by atoms with Crippen molar-refractivity contribution in [1.82, 2.24) is 10.6 Å². The first-order valence-electron chi connectivity index (χ1n) is 6.05. The third kappa shape index (κ3) is 7.81. The molecular weight excluding hydrogens is 312 g/mol. The molecule has 0 atom stereocenters. The molecule has 0 aliphatic heterocycles. The van der Waals surface area contributed by atoms with Crippen molar-refractivity contribution in [3.05, 3.63) is 34.3 Å². The first-order chi connectivity index (χ1) is 9.22. The molecule has 0 unspecified atom stereocenters. The van der Waals surface area contributed by atoms with Crippen LogP contribution in [-0.2, 0) is 15.9 Å². The van der Waals surface area contributed by atoms with Gasteiger partial charge in [-0.05, 0) is 24.1 Å². The van der Waals surface area contributed by atoms with Gasteiger partial charge < -0.3 is 20.1 Å². The van der Waals surface area contributed by atoms with E-state index in [1.165, 1.54) is 5.56 Å². The zero-order valence-electron chi connectivity index (χ0n) is 10.9. The maximum Gasteiger partial charge on any atom is 0.316 e. The lowest BCUT2D eigenvalue weighted by molar-refractivity contribution is 0.0643. The number of rotatable bonds is 8. The molecule has 0 spiro atoms. The Morgan fingerprint density at radius 3 is 2.63 bits per heavy atom. The Labute approximate surface area is 121 Å². The van der Waals surface area contributed by atoms with Gasteiger partial charge in [-0.2, -0.15) is 0 Å². The lowest BCUT2D eigenvalue weighted by atomic mass is 10.1. The smallest absolute Gasteiger partial charge is 0.316 e. The summed E-state index contributed by atoms with van der Waals surface area (Å²) < 4.78 is 11.0. The molecule has 6 heteroatoms. The molecule has 5 nitrogen and oxygen atoms in total. The second-order valence-electron chi connectivity index (χ2n) is 3.85. The van der Waals surface area contributed by atoms with Crippen LogP contribution in [-0.4, -0.2) is 39.6 Å². The van der Waals surface area contributed by atoms with Gasteiger partial charge in [0.1, 0.15) is 6.73 Å². The van der Waals surface area contributed by atoms with Gasteiger partial charge in [-0.15, -0.1) is 0 Å². The van der Waals surface area contributed by atoms with Gasteiger partial charge in [-0.1, -0.05) is 28.1 Å². The summed E-state index contributed by atoms with van der Waals surface area (Å²) in [5.41, 5.74) is 1.18. The van der Waals surface area contributed by atoms with Gasteiger partial charge in [0, 0.05) is 18.1 Å². The standard InChI is InChI=1S/C13H19BrN2O3/c1-18-8-9-19-10-16-13(17)15-7-6-11-2-4-12(14)5-3-11/h2-5H,6-10H2,1H3,(H2,15,16,17). The number of carbonyl (C=O) groups excluding carboxylic acids is 1. The molecule has 1 aromatic carbocycles. The van der Waals surface area contributed by atoms with Crippen molar-refractivity contribution >= 4 is 22.0 Å². The minimum atomic E-state index is -0.227. The molecular formula is C13H19BrN2O3. The maximum absolute atomic E-state index is 11.4. The summed E-state index contributed by atoms with van der Waals surface area (Å²) in [6, 6.07) is 7.79. The van der Waals surface area contributed by atoms with Gasteiger partial charge in [-0.3, -0.25) is 0 Å². The zero-order valence-corrected chi connectivity index (χ0v) is 12.5. The van der Waals surface area contributed by atoms with Crippen LogP contribution in [0.15, 0.2) is 28.7 Å². The molecule has 2 amide bonds. The Kier molecular flexibility index (Phi) is 8.20. The Morgan fingerprint density at radius 1 is 1.21 bits per heavy atom. The summed E-state index contributed by atoms with van der Waals surface area (Å²) in [5.74, 6) is 0. The average Bonchev–Trinajstić information content (AvgIpc) is 2.41. The van der Waals surface area contributed by atoms with Crippen molar-refractivity contribution in [3.8, 4) is 0 Å². The summed E-state index contributed by atoms with van der Waals surface area (Å²) >= 11 is 3.38. The molecule has 0 heterocycles. The number of ether oxygens (including phenoxy) is 2. The zero-order chi connectivity index (χ0) is 13.9. The maximum atomic E-state index is 11.4. The van der Waals surface area contributed by atoms with E-state index in [4.69, 9.17) is 9.47 Å². The van der Waals surface area contributed by atoms with Crippen LogP contribution < -0.4 is 10.6 Å². The molecule has 1 aromatic rings. The molecule has 0 saturated carbocycles. The van der Waals surface area contributed by atoms with Gasteiger partial charge in [0.25, 0.3) is 0 Å². The first kappa shape index (κ1) is 15.9. The van der Waals surface area contributed by atoms with Crippen LogP contribution in [0.1, 0.15) is 5.56 Å². The van der Waals surface area contributed by atoms with Crippen molar-refractivity contribution in [2.24, 2.45) is 0 Å². The van der Waals surface area contributed by atoms with E-state index in [0.717, 1.165) is 10.9 Å². The molecule has 0 bridgehead atoms. The molecule has 2 N–H and O–H groups in total. The molecule has 0 saturated heterocycles. The van der Waals surface area contributed by atoms with E-state index in [1.807, 2.05) is 24.3 Å². The Balaban J connectivity index is 2.05. The Hall–Kier alpha value is -1.11. The van der Waals surface area contributed by atoms with Crippen molar-refractivity contribution in [1.29, 1.82) is 0 Å². The fraction of sp³-hybridized carbons (Fsp3) is 0.462. The van der Waals surface area contributed by atoms with Crippen LogP contribution in [0.2, 0.25) is 0 Å². The summed E-state index contributed by atoms with van der Waals surface area (Å²) in [4.78, 5) is 11.4. The number of carbonyl (C=O) groups is 1. The van der Waals surface area contributed by atoms with Crippen molar-refractivity contribution in [2.75, 3.05) is 33.6 Å². The molecule has 1 rings (SSSR count). The number of amides is 2. The average molecular weight is 331 g/mol. The van der Waals surface area contributed by atoms with E-state index < -0.39 is 0 Å². The Morgan fingerprint density at radius 2 is 1.95 bits per heavy atom. The minimum Gasteiger partial charge on any atom is -0.382 e. The van der Waals surface area contributed by atoms with Crippen LogP contribution in [0.4, 0.5) is 4.79 Å². The van der Waals surface area contributed by atoms with Crippen LogP contribution in [0.5, 0.6) is 0 Å². The lowest BCUT2D eigenvalue weighted by Gasteiger charge is -2.08.